The number of aryl methyl sites for hydroxylation is 1. The lowest BCUT2D eigenvalue weighted by molar-refractivity contribution is -0.136. The quantitative estimate of drug-likeness (QED) is 0.424. The molecule has 3 rings (SSSR count). The summed E-state index contributed by atoms with van der Waals surface area (Å²) in [7, 11) is 0. The zero-order valence-corrected chi connectivity index (χ0v) is 17.7. The average Bonchev–Trinajstić information content (AvgIpc) is 3.31. The third-order valence-electron chi connectivity index (χ3n) is 5.14. The van der Waals surface area contributed by atoms with E-state index in [1.165, 1.54) is 6.21 Å². The van der Waals surface area contributed by atoms with Crippen LogP contribution in [0.4, 0.5) is 5.69 Å². The summed E-state index contributed by atoms with van der Waals surface area (Å²) in [5, 5.41) is 6.39. The van der Waals surface area contributed by atoms with Crippen LogP contribution < -0.4 is 15.5 Å². The highest BCUT2D eigenvalue weighted by atomic mass is 16.5. The lowest BCUT2D eigenvalue weighted by Crippen LogP contribution is -2.32. The van der Waals surface area contributed by atoms with E-state index in [-0.39, 0.29) is 12.5 Å². The molecule has 1 aliphatic rings. The van der Waals surface area contributed by atoms with E-state index in [4.69, 9.17) is 4.74 Å². The molecule has 1 saturated heterocycles. The number of carbonyl (C=O) groups excluding carboxylic acids is 3. The molecule has 0 unspecified atom stereocenters. The van der Waals surface area contributed by atoms with Crippen LogP contribution in [0.1, 0.15) is 29.5 Å². The maximum atomic E-state index is 12.0. The fraction of sp³-hybridized carbons (Fsp3) is 0.304. The van der Waals surface area contributed by atoms with Crippen LogP contribution >= 0.6 is 0 Å². The first-order chi connectivity index (χ1) is 14.9. The van der Waals surface area contributed by atoms with Gasteiger partial charge in [0.2, 0.25) is 0 Å². The van der Waals surface area contributed by atoms with Crippen LogP contribution in [0, 0.1) is 13.8 Å². The summed E-state index contributed by atoms with van der Waals surface area (Å²) >= 11 is 0. The molecule has 0 atom stereocenters. The Morgan fingerprint density at radius 3 is 2.45 bits per heavy atom. The van der Waals surface area contributed by atoms with E-state index in [0.29, 0.717) is 17.0 Å². The van der Waals surface area contributed by atoms with Crippen molar-refractivity contribution in [2.75, 3.05) is 25.0 Å². The van der Waals surface area contributed by atoms with Crippen LogP contribution in [0.25, 0.3) is 0 Å². The largest absolute Gasteiger partial charge is 0.484 e. The Kier molecular flexibility index (Phi) is 7.37. The monoisotopic (exact) mass is 422 g/mol. The molecule has 0 aromatic heterocycles. The lowest BCUT2D eigenvalue weighted by atomic mass is 10.1. The van der Waals surface area contributed by atoms with Crippen LogP contribution in [0.5, 0.6) is 5.75 Å². The second-order valence-corrected chi connectivity index (χ2v) is 7.35. The third-order valence-corrected chi connectivity index (χ3v) is 5.14. The Hall–Kier alpha value is -3.68. The van der Waals surface area contributed by atoms with Gasteiger partial charge in [-0.1, -0.05) is 12.1 Å². The normalized spacial score (nSPS) is 13.3. The fourth-order valence-electron chi connectivity index (χ4n) is 3.13. The molecule has 0 spiro atoms. The number of hydrogen-bond donors (Lipinski definition) is 2. The van der Waals surface area contributed by atoms with Crippen molar-refractivity contribution in [3.63, 3.8) is 0 Å². The van der Waals surface area contributed by atoms with Gasteiger partial charge in [0.25, 0.3) is 5.91 Å². The molecule has 0 saturated carbocycles. The van der Waals surface area contributed by atoms with Crippen LogP contribution in [-0.4, -0.2) is 48.5 Å². The Labute approximate surface area is 181 Å². The predicted octanol–water partition coefficient (Wildman–Crippen LogP) is 2.39. The summed E-state index contributed by atoms with van der Waals surface area (Å²) in [6.07, 6.45) is 3.51. The van der Waals surface area contributed by atoms with Crippen LogP contribution in [0.15, 0.2) is 47.6 Å². The number of benzene rings is 2. The van der Waals surface area contributed by atoms with Crippen LogP contribution in [-0.2, 0) is 14.4 Å². The van der Waals surface area contributed by atoms with E-state index >= 15 is 0 Å². The molecular weight excluding hydrogens is 396 g/mol. The molecule has 1 fully saturated rings. The standard InChI is InChI=1S/C23H26N4O4/c1-16-6-5-7-20(17(16)2)25-22(29)23(30)26-24-14-18-8-10-19(11-9-18)31-15-21(28)27-12-3-4-13-27/h5-11,14H,3-4,12-13,15H2,1-2H3,(H,25,29)(H,26,30)/b24-14-. The highest BCUT2D eigenvalue weighted by Crippen LogP contribution is 2.17. The second-order valence-electron chi connectivity index (χ2n) is 7.35. The summed E-state index contributed by atoms with van der Waals surface area (Å²) in [6.45, 7) is 5.41. The Balaban J connectivity index is 1.45. The smallest absolute Gasteiger partial charge is 0.329 e. The first-order valence-corrected chi connectivity index (χ1v) is 10.2. The van der Waals surface area contributed by atoms with Crippen molar-refractivity contribution in [3.8, 4) is 5.75 Å². The molecule has 2 aromatic carbocycles. The number of hydrogen-bond acceptors (Lipinski definition) is 5. The molecule has 3 amide bonds. The van der Waals surface area contributed by atoms with Crippen molar-refractivity contribution in [1.29, 1.82) is 0 Å². The highest BCUT2D eigenvalue weighted by Gasteiger charge is 2.18. The molecule has 0 radical (unpaired) electrons. The molecule has 2 N–H and O–H groups in total. The third kappa shape index (κ3) is 6.15. The van der Waals surface area contributed by atoms with Crippen molar-refractivity contribution >= 4 is 29.6 Å². The molecule has 8 nitrogen and oxygen atoms in total. The first kappa shape index (κ1) is 22.0. The Bertz CT molecular complexity index is 980. The lowest BCUT2D eigenvalue weighted by Gasteiger charge is -2.15. The molecule has 31 heavy (non-hydrogen) atoms. The molecule has 162 valence electrons. The van der Waals surface area contributed by atoms with Crippen molar-refractivity contribution in [1.82, 2.24) is 10.3 Å². The number of likely N-dealkylation sites (tertiary alicyclic amines) is 1. The summed E-state index contributed by atoms with van der Waals surface area (Å²) in [4.78, 5) is 37.8. The van der Waals surface area contributed by atoms with Gasteiger partial charge in [-0.25, -0.2) is 5.43 Å². The van der Waals surface area contributed by atoms with E-state index in [9.17, 15) is 14.4 Å². The topological polar surface area (TPSA) is 100 Å². The number of amides is 3. The van der Waals surface area contributed by atoms with Crippen LogP contribution in [0.2, 0.25) is 0 Å². The van der Waals surface area contributed by atoms with Gasteiger partial charge in [0.05, 0.1) is 6.21 Å². The van der Waals surface area contributed by atoms with Crippen molar-refractivity contribution < 1.29 is 19.1 Å². The van der Waals surface area contributed by atoms with Gasteiger partial charge in [-0.2, -0.15) is 5.10 Å². The van der Waals surface area contributed by atoms with Crippen molar-refractivity contribution in [2.45, 2.75) is 26.7 Å². The zero-order valence-electron chi connectivity index (χ0n) is 17.7. The van der Waals surface area contributed by atoms with E-state index in [0.717, 1.165) is 37.1 Å². The number of nitrogens with one attached hydrogen (secondary N) is 2. The average molecular weight is 422 g/mol. The minimum atomic E-state index is -0.863. The predicted molar refractivity (Wildman–Crippen MR) is 118 cm³/mol. The molecule has 1 aliphatic heterocycles. The van der Waals surface area contributed by atoms with Gasteiger partial charge in [-0.3, -0.25) is 14.4 Å². The summed E-state index contributed by atoms with van der Waals surface area (Å²) < 4.78 is 5.53. The maximum absolute atomic E-state index is 12.0. The molecule has 8 heteroatoms. The molecule has 0 bridgehead atoms. The first-order valence-electron chi connectivity index (χ1n) is 10.2. The number of rotatable bonds is 6. The van der Waals surface area contributed by atoms with E-state index in [1.54, 1.807) is 35.2 Å². The number of hydrazone groups is 1. The van der Waals surface area contributed by atoms with Crippen molar-refractivity contribution in [3.05, 3.63) is 59.2 Å². The minimum Gasteiger partial charge on any atom is -0.484 e. The highest BCUT2D eigenvalue weighted by molar-refractivity contribution is 6.39. The zero-order chi connectivity index (χ0) is 22.2. The van der Waals surface area contributed by atoms with Gasteiger partial charge in [0, 0.05) is 18.8 Å². The van der Waals surface area contributed by atoms with Gasteiger partial charge in [0.1, 0.15) is 5.75 Å². The SMILES string of the molecule is Cc1cccc(NC(=O)C(=O)N/N=C\c2ccc(OCC(=O)N3CCCC3)cc2)c1C. The minimum absolute atomic E-state index is 0.00927. The molecule has 1 heterocycles. The van der Waals surface area contributed by atoms with Crippen LogP contribution in [0.3, 0.4) is 0 Å². The number of nitrogens with zero attached hydrogens (tertiary/aromatic N) is 2. The summed E-state index contributed by atoms with van der Waals surface area (Å²) in [5.74, 6) is -1.10. The second kappa shape index (κ2) is 10.4. The fourth-order valence-corrected chi connectivity index (χ4v) is 3.13. The van der Waals surface area contributed by atoms with E-state index in [1.807, 2.05) is 26.0 Å². The van der Waals surface area contributed by atoms with Gasteiger partial charge in [0.15, 0.2) is 6.61 Å². The summed E-state index contributed by atoms with van der Waals surface area (Å²) in [5.41, 5.74) is 5.41. The van der Waals surface area contributed by atoms with E-state index < -0.39 is 11.8 Å². The Morgan fingerprint density at radius 1 is 1.03 bits per heavy atom. The van der Waals surface area contributed by atoms with Gasteiger partial charge in [-0.15, -0.1) is 0 Å². The van der Waals surface area contributed by atoms with Gasteiger partial charge < -0.3 is 15.0 Å². The van der Waals surface area contributed by atoms with Gasteiger partial charge >= 0.3 is 11.8 Å². The molecule has 2 aromatic rings. The number of ether oxygens (including phenoxy) is 1. The van der Waals surface area contributed by atoms with E-state index in [2.05, 4.69) is 15.8 Å². The maximum Gasteiger partial charge on any atom is 0.329 e. The number of anilines is 1. The molecular formula is C23H26N4O4. The summed E-state index contributed by atoms with van der Waals surface area (Å²) in [6, 6.07) is 12.4. The number of carbonyl (C=O) groups is 3. The van der Waals surface area contributed by atoms with Gasteiger partial charge in [-0.05, 0) is 73.7 Å². The Morgan fingerprint density at radius 2 is 1.74 bits per heavy atom. The van der Waals surface area contributed by atoms with Crippen molar-refractivity contribution in [2.24, 2.45) is 5.10 Å². The molecule has 0 aliphatic carbocycles.